The number of hydrogen-bond acceptors (Lipinski definition) is 3. The number of aliphatic hydroxyl groups excluding tert-OH is 1. The van der Waals surface area contributed by atoms with Crippen LogP contribution < -0.4 is 5.32 Å². The summed E-state index contributed by atoms with van der Waals surface area (Å²) in [5.74, 6) is 0.199. The molecule has 1 amide bonds. The van der Waals surface area contributed by atoms with Crippen LogP contribution in [-0.2, 0) is 4.79 Å². The highest BCUT2D eigenvalue weighted by Crippen LogP contribution is 2.49. The van der Waals surface area contributed by atoms with Crippen LogP contribution in [0.3, 0.4) is 0 Å². The molecule has 0 aliphatic carbocycles. The number of likely N-dealkylation sites (tertiary alicyclic amines) is 1. The van der Waals surface area contributed by atoms with Crippen LogP contribution in [0.1, 0.15) is 24.4 Å². The Hall–Kier alpha value is -1.39. The predicted molar refractivity (Wildman–Crippen MR) is 72.5 cm³/mol. The van der Waals surface area contributed by atoms with E-state index < -0.39 is 0 Å². The van der Waals surface area contributed by atoms with Gasteiger partial charge in [-0.2, -0.15) is 0 Å². The molecular formula is C15H20N2O2. The fraction of sp³-hybridized carbons (Fsp3) is 0.533. The number of nitrogens with one attached hydrogen (secondary N) is 1. The summed E-state index contributed by atoms with van der Waals surface area (Å²) in [7, 11) is 0. The smallest absolute Gasteiger partial charge is 0.229 e. The maximum Gasteiger partial charge on any atom is 0.229 e. The van der Waals surface area contributed by atoms with E-state index in [0.717, 1.165) is 25.9 Å². The van der Waals surface area contributed by atoms with E-state index in [-0.39, 0.29) is 24.0 Å². The first kappa shape index (κ1) is 12.6. The second-order valence-corrected chi connectivity index (χ2v) is 5.54. The minimum Gasteiger partial charge on any atom is -0.395 e. The zero-order chi connectivity index (χ0) is 13.3. The van der Waals surface area contributed by atoms with Gasteiger partial charge in [-0.15, -0.1) is 0 Å². The minimum absolute atomic E-state index is 0.164. The largest absolute Gasteiger partial charge is 0.395 e. The van der Waals surface area contributed by atoms with Gasteiger partial charge in [-0.3, -0.25) is 4.79 Å². The third kappa shape index (κ3) is 2.05. The van der Waals surface area contributed by atoms with Crippen molar-refractivity contribution < 1.29 is 9.90 Å². The van der Waals surface area contributed by atoms with E-state index in [1.54, 1.807) is 0 Å². The first-order chi connectivity index (χ1) is 9.26. The molecule has 4 nitrogen and oxygen atoms in total. The lowest BCUT2D eigenvalue weighted by Gasteiger charge is -2.52. The van der Waals surface area contributed by atoms with Gasteiger partial charge in [0.25, 0.3) is 0 Å². The first-order valence-corrected chi connectivity index (χ1v) is 6.95. The monoisotopic (exact) mass is 260 g/mol. The number of β-lactam (4-membered cyclic amide) rings is 1. The molecule has 0 aromatic heterocycles. The highest BCUT2D eigenvalue weighted by molar-refractivity contribution is 5.90. The first-order valence-electron chi connectivity index (χ1n) is 6.95. The lowest BCUT2D eigenvalue weighted by Crippen LogP contribution is -2.64. The van der Waals surface area contributed by atoms with Crippen molar-refractivity contribution in [3.63, 3.8) is 0 Å². The normalized spacial score (nSPS) is 25.9. The number of benzene rings is 1. The van der Waals surface area contributed by atoms with Crippen LogP contribution in [0.15, 0.2) is 30.3 Å². The molecule has 2 heterocycles. The van der Waals surface area contributed by atoms with Gasteiger partial charge in [-0.1, -0.05) is 30.3 Å². The molecule has 0 saturated carbocycles. The molecule has 1 atom stereocenters. The van der Waals surface area contributed by atoms with Crippen molar-refractivity contribution in [3.8, 4) is 0 Å². The number of carbonyl (C=O) groups is 1. The number of nitrogens with zero attached hydrogens (tertiary/aromatic N) is 1. The molecule has 2 saturated heterocycles. The van der Waals surface area contributed by atoms with Crippen molar-refractivity contribution in [1.29, 1.82) is 0 Å². The summed E-state index contributed by atoms with van der Waals surface area (Å²) in [6.45, 7) is 2.71. The predicted octanol–water partition coefficient (Wildman–Crippen LogP) is 0.932. The fourth-order valence-corrected chi connectivity index (χ4v) is 3.35. The third-order valence-electron chi connectivity index (χ3n) is 4.58. The summed E-state index contributed by atoms with van der Waals surface area (Å²) in [5.41, 5.74) is 0.991. The molecule has 2 fully saturated rings. The van der Waals surface area contributed by atoms with Gasteiger partial charge in [0.15, 0.2) is 0 Å². The Morgan fingerprint density at radius 2 is 1.95 bits per heavy atom. The van der Waals surface area contributed by atoms with Crippen molar-refractivity contribution >= 4 is 5.91 Å². The van der Waals surface area contributed by atoms with Crippen molar-refractivity contribution in [3.05, 3.63) is 35.9 Å². The standard InChI is InChI=1S/C15H20N2O2/c18-11-10-17-8-6-15(7-9-17)13(16-14(15)19)12-4-2-1-3-5-12/h1-5,13,18H,6-11H2,(H,16,19). The Labute approximate surface area is 113 Å². The van der Waals surface area contributed by atoms with Gasteiger partial charge in [0.1, 0.15) is 0 Å². The second-order valence-electron chi connectivity index (χ2n) is 5.54. The molecule has 0 bridgehead atoms. The van der Waals surface area contributed by atoms with Gasteiger partial charge >= 0.3 is 0 Å². The fourth-order valence-electron chi connectivity index (χ4n) is 3.35. The number of piperidine rings is 1. The summed E-state index contributed by atoms with van der Waals surface area (Å²) in [4.78, 5) is 14.3. The quantitative estimate of drug-likeness (QED) is 0.795. The van der Waals surface area contributed by atoms with Gasteiger partial charge in [0.05, 0.1) is 18.1 Å². The Morgan fingerprint density at radius 3 is 2.53 bits per heavy atom. The molecule has 1 aromatic carbocycles. The summed E-state index contributed by atoms with van der Waals surface area (Å²) >= 11 is 0. The average Bonchev–Trinajstić information content (AvgIpc) is 2.47. The van der Waals surface area contributed by atoms with Crippen LogP contribution in [0, 0.1) is 5.41 Å². The summed E-state index contributed by atoms with van der Waals surface area (Å²) < 4.78 is 0. The summed E-state index contributed by atoms with van der Waals surface area (Å²) in [5, 5.41) is 12.0. The van der Waals surface area contributed by atoms with Gasteiger partial charge in [0, 0.05) is 6.54 Å². The SMILES string of the molecule is O=C1NC(c2ccccc2)C12CCN(CCO)CC2. The van der Waals surface area contributed by atoms with E-state index in [1.807, 2.05) is 18.2 Å². The molecule has 2 aliphatic rings. The third-order valence-corrected chi connectivity index (χ3v) is 4.58. The van der Waals surface area contributed by atoms with Crippen LogP contribution >= 0.6 is 0 Å². The van der Waals surface area contributed by atoms with E-state index in [4.69, 9.17) is 5.11 Å². The van der Waals surface area contributed by atoms with Crippen molar-refractivity contribution in [2.45, 2.75) is 18.9 Å². The topological polar surface area (TPSA) is 52.6 Å². The van der Waals surface area contributed by atoms with E-state index >= 15 is 0 Å². The van der Waals surface area contributed by atoms with Crippen LogP contribution in [0.4, 0.5) is 0 Å². The Balaban J connectivity index is 1.74. The van der Waals surface area contributed by atoms with E-state index in [0.29, 0.717) is 6.54 Å². The molecule has 2 N–H and O–H groups in total. The Morgan fingerprint density at radius 1 is 1.26 bits per heavy atom. The molecule has 4 heteroatoms. The average molecular weight is 260 g/mol. The van der Waals surface area contributed by atoms with Gasteiger partial charge in [-0.25, -0.2) is 0 Å². The molecule has 2 aliphatic heterocycles. The van der Waals surface area contributed by atoms with Gasteiger partial charge in [0.2, 0.25) is 5.91 Å². The highest BCUT2D eigenvalue weighted by atomic mass is 16.3. The number of carbonyl (C=O) groups excluding carboxylic acids is 1. The Bertz CT molecular complexity index is 452. The highest BCUT2D eigenvalue weighted by Gasteiger charge is 2.56. The van der Waals surface area contributed by atoms with Gasteiger partial charge < -0.3 is 15.3 Å². The molecule has 1 unspecified atom stereocenters. The van der Waals surface area contributed by atoms with Crippen LogP contribution in [0.5, 0.6) is 0 Å². The second kappa shape index (κ2) is 4.94. The molecule has 19 heavy (non-hydrogen) atoms. The van der Waals surface area contributed by atoms with Crippen molar-refractivity contribution in [2.75, 3.05) is 26.2 Å². The number of amides is 1. The van der Waals surface area contributed by atoms with Crippen molar-refractivity contribution in [2.24, 2.45) is 5.41 Å². The van der Waals surface area contributed by atoms with E-state index in [2.05, 4.69) is 22.3 Å². The zero-order valence-electron chi connectivity index (χ0n) is 11.0. The van der Waals surface area contributed by atoms with Crippen LogP contribution in [0.2, 0.25) is 0 Å². The number of hydrogen-bond donors (Lipinski definition) is 2. The zero-order valence-corrected chi connectivity index (χ0v) is 11.0. The minimum atomic E-state index is -0.215. The van der Waals surface area contributed by atoms with Crippen molar-refractivity contribution in [1.82, 2.24) is 10.2 Å². The summed E-state index contributed by atoms with van der Waals surface area (Å²) in [6.07, 6.45) is 1.77. The van der Waals surface area contributed by atoms with Gasteiger partial charge in [-0.05, 0) is 31.5 Å². The lowest BCUT2D eigenvalue weighted by molar-refractivity contribution is -0.151. The molecule has 1 spiro atoms. The van der Waals surface area contributed by atoms with Crippen LogP contribution in [0.25, 0.3) is 0 Å². The molecule has 0 radical (unpaired) electrons. The van der Waals surface area contributed by atoms with Crippen LogP contribution in [-0.4, -0.2) is 42.2 Å². The molecule has 102 valence electrons. The molecule has 3 rings (SSSR count). The maximum atomic E-state index is 12.1. The Kier molecular flexibility index (Phi) is 3.29. The maximum absolute atomic E-state index is 12.1. The number of aliphatic hydroxyl groups is 1. The van der Waals surface area contributed by atoms with E-state index in [9.17, 15) is 4.79 Å². The number of rotatable bonds is 3. The molecular weight excluding hydrogens is 240 g/mol. The molecule has 1 aromatic rings. The van der Waals surface area contributed by atoms with E-state index in [1.165, 1.54) is 5.56 Å². The summed E-state index contributed by atoms with van der Waals surface area (Å²) in [6, 6.07) is 10.4. The lowest BCUT2D eigenvalue weighted by atomic mass is 9.64. The number of β-amino-alcohol motifs (C(OH)–C–C–N with tert-alkyl or cyclic N) is 1.